The third-order valence-electron chi connectivity index (χ3n) is 7.19. The number of carbonyl (C=O) groups excluding carboxylic acids is 1. The summed E-state index contributed by atoms with van der Waals surface area (Å²) in [7, 11) is 0. The Labute approximate surface area is 228 Å². The van der Waals surface area contributed by atoms with E-state index in [1.807, 2.05) is 61.7 Å². The van der Waals surface area contributed by atoms with Crippen LogP contribution in [0.1, 0.15) is 52.3 Å². The van der Waals surface area contributed by atoms with Crippen LogP contribution < -0.4 is 10.6 Å². The second kappa shape index (κ2) is 11.1. The Morgan fingerprint density at radius 1 is 1.05 bits per heavy atom. The average Bonchev–Trinajstić information content (AvgIpc) is 3.40. The van der Waals surface area contributed by atoms with Crippen LogP contribution in [-0.2, 0) is 11.3 Å². The highest BCUT2D eigenvalue weighted by atomic mass is 32.1. The molecule has 8 heteroatoms. The van der Waals surface area contributed by atoms with E-state index in [-0.39, 0.29) is 18.0 Å². The number of rotatable bonds is 8. The molecule has 0 radical (unpaired) electrons. The Balaban J connectivity index is 1.43. The Kier molecular flexibility index (Phi) is 7.51. The summed E-state index contributed by atoms with van der Waals surface area (Å²) in [6.45, 7) is 7.50. The first-order valence-corrected chi connectivity index (χ1v) is 13.2. The zero-order valence-corrected chi connectivity index (χ0v) is 22.7. The molecule has 4 heterocycles. The first-order valence-electron chi connectivity index (χ1n) is 12.8. The average molecular weight is 525 g/mol. The van der Waals surface area contributed by atoms with Crippen LogP contribution in [0.4, 0.5) is 5.69 Å². The van der Waals surface area contributed by atoms with Crippen LogP contribution >= 0.6 is 12.2 Å². The van der Waals surface area contributed by atoms with Crippen LogP contribution in [0, 0.1) is 20.8 Å². The van der Waals surface area contributed by atoms with Gasteiger partial charge in [0.1, 0.15) is 0 Å². The zero-order valence-electron chi connectivity index (χ0n) is 21.9. The van der Waals surface area contributed by atoms with Gasteiger partial charge in [0.2, 0.25) is 5.91 Å². The van der Waals surface area contributed by atoms with Crippen LogP contribution in [0.5, 0.6) is 0 Å². The van der Waals surface area contributed by atoms with E-state index in [2.05, 4.69) is 56.0 Å². The molecule has 7 nitrogen and oxygen atoms in total. The molecule has 2 atom stereocenters. The number of nitrogens with zero attached hydrogens (tertiary/aromatic N) is 4. The Morgan fingerprint density at radius 2 is 1.87 bits per heavy atom. The summed E-state index contributed by atoms with van der Waals surface area (Å²) in [5, 5.41) is 7.18. The number of anilines is 1. The van der Waals surface area contributed by atoms with E-state index in [1.165, 1.54) is 5.56 Å². The Hall–Kier alpha value is -4.04. The highest BCUT2D eigenvalue weighted by Gasteiger charge is 2.41. The van der Waals surface area contributed by atoms with Crippen molar-refractivity contribution < 1.29 is 4.79 Å². The van der Waals surface area contributed by atoms with Crippen molar-refractivity contribution in [3.8, 4) is 0 Å². The second-order valence-corrected chi connectivity index (χ2v) is 10.1. The lowest BCUT2D eigenvalue weighted by molar-refractivity contribution is -0.116. The molecule has 1 aromatic carbocycles. The van der Waals surface area contributed by atoms with Crippen LogP contribution in [-0.4, -0.2) is 37.0 Å². The van der Waals surface area contributed by atoms with E-state index in [1.54, 1.807) is 12.4 Å². The smallest absolute Gasteiger partial charge is 0.226 e. The van der Waals surface area contributed by atoms with E-state index >= 15 is 0 Å². The van der Waals surface area contributed by atoms with E-state index in [9.17, 15) is 4.79 Å². The molecule has 0 saturated carbocycles. The number of thiocarbonyl (C=S) groups is 1. The number of amides is 1. The van der Waals surface area contributed by atoms with Crippen LogP contribution in [0.3, 0.4) is 0 Å². The molecule has 38 heavy (non-hydrogen) atoms. The predicted molar refractivity (Wildman–Crippen MR) is 154 cm³/mol. The maximum atomic E-state index is 12.9. The number of pyridine rings is 2. The monoisotopic (exact) mass is 524 g/mol. The Bertz CT molecular complexity index is 1440. The van der Waals surface area contributed by atoms with Gasteiger partial charge in [-0.1, -0.05) is 30.3 Å². The Morgan fingerprint density at radius 3 is 2.61 bits per heavy atom. The van der Waals surface area contributed by atoms with E-state index in [4.69, 9.17) is 12.2 Å². The van der Waals surface area contributed by atoms with Crippen molar-refractivity contribution in [1.82, 2.24) is 24.8 Å². The van der Waals surface area contributed by atoms with Crippen molar-refractivity contribution in [2.24, 2.45) is 0 Å². The number of aromatic nitrogens is 3. The molecular formula is C30H32N6OS. The SMILES string of the molecule is Cc1ccccc1NC(=O)CCN1C(=S)N[C@@H](c2ccccn2)[C@H]1c1cc(C)n(Cc2cccnc2)c1C. The molecule has 1 aliphatic rings. The largest absolute Gasteiger partial charge is 0.352 e. The summed E-state index contributed by atoms with van der Waals surface area (Å²) in [5.41, 5.74) is 7.44. The molecule has 1 fully saturated rings. The molecule has 0 bridgehead atoms. The fraction of sp³-hybridized carbons (Fsp3) is 0.267. The molecule has 4 aromatic rings. The van der Waals surface area contributed by atoms with Crippen molar-refractivity contribution in [1.29, 1.82) is 0 Å². The lowest BCUT2D eigenvalue weighted by Gasteiger charge is -2.28. The number of hydrogen-bond donors (Lipinski definition) is 2. The third-order valence-corrected chi connectivity index (χ3v) is 7.54. The molecule has 0 aliphatic carbocycles. The highest BCUT2D eigenvalue weighted by molar-refractivity contribution is 7.80. The van der Waals surface area contributed by atoms with E-state index in [0.717, 1.165) is 40.4 Å². The zero-order chi connectivity index (χ0) is 26.6. The molecule has 0 spiro atoms. The van der Waals surface area contributed by atoms with E-state index in [0.29, 0.717) is 18.1 Å². The van der Waals surface area contributed by atoms with Crippen molar-refractivity contribution in [2.45, 2.75) is 45.8 Å². The van der Waals surface area contributed by atoms with Gasteiger partial charge in [0.05, 0.1) is 17.8 Å². The molecule has 3 aromatic heterocycles. The number of aryl methyl sites for hydroxylation is 2. The summed E-state index contributed by atoms with van der Waals surface area (Å²) in [5.74, 6) is -0.0378. The lowest BCUT2D eigenvalue weighted by Crippen LogP contribution is -2.33. The van der Waals surface area contributed by atoms with Gasteiger partial charge in [-0.3, -0.25) is 14.8 Å². The van der Waals surface area contributed by atoms with Crippen molar-refractivity contribution in [3.63, 3.8) is 0 Å². The maximum Gasteiger partial charge on any atom is 0.226 e. The molecule has 2 N–H and O–H groups in total. The fourth-order valence-corrected chi connectivity index (χ4v) is 5.51. The first-order chi connectivity index (χ1) is 18.4. The standard InChI is InChI=1S/C30H32N6OS/c1-20-9-4-5-11-25(20)33-27(37)13-16-35-29(28(34-30(35)38)26-12-6-7-15-32-26)24-17-21(2)36(22(24)3)19-23-10-8-14-31-18-23/h4-12,14-15,17-18,28-29H,13,16,19H2,1-3H3,(H,33,37)(H,34,38)/t28-,29+/m0/s1. The first kappa shape index (κ1) is 25.6. The highest BCUT2D eigenvalue weighted by Crippen LogP contribution is 2.41. The quantitative estimate of drug-likeness (QED) is 0.307. The molecular weight excluding hydrogens is 492 g/mol. The molecule has 5 rings (SSSR count). The van der Waals surface area contributed by atoms with Crippen LogP contribution in [0.2, 0.25) is 0 Å². The topological polar surface area (TPSA) is 75.1 Å². The second-order valence-electron chi connectivity index (χ2n) is 9.71. The van der Waals surface area contributed by atoms with Gasteiger partial charge in [0, 0.05) is 55.2 Å². The molecule has 1 saturated heterocycles. The minimum atomic E-state index is -0.129. The van der Waals surface area contributed by atoms with Crippen LogP contribution in [0.15, 0.2) is 79.3 Å². The van der Waals surface area contributed by atoms with Crippen LogP contribution in [0.25, 0.3) is 0 Å². The summed E-state index contributed by atoms with van der Waals surface area (Å²) < 4.78 is 2.31. The molecule has 194 valence electrons. The fourth-order valence-electron chi connectivity index (χ4n) is 5.18. The van der Waals surface area contributed by atoms with Gasteiger partial charge in [-0.25, -0.2) is 0 Å². The van der Waals surface area contributed by atoms with Gasteiger partial charge in [0.25, 0.3) is 0 Å². The van der Waals surface area contributed by atoms with Gasteiger partial charge in [-0.2, -0.15) is 0 Å². The normalized spacial score (nSPS) is 16.9. The maximum absolute atomic E-state index is 12.9. The van der Waals surface area contributed by atoms with Gasteiger partial charge in [-0.15, -0.1) is 0 Å². The summed E-state index contributed by atoms with van der Waals surface area (Å²) in [4.78, 5) is 24.0. The van der Waals surface area contributed by atoms with Gasteiger partial charge in [0.15, 0.2) is 5.11 Å². The number of benzene rings is 1. The predicted octanol–water partition coefficient (Wildman–Crippen LogP) is 5.25. The lowest BCUT2D eigenvalue weighted by atomic mass is 9.96. The number of carbonyl (C=O) groups is 1. The molecule has 1 amide bonds. The minimum Gasteiger partial charge on any atom is -0.352 e. The van der Waals surface area contributed by atoms with Crippen molar-refractivity contribution in [2.75, 3.05) is 11.9 Å². The van der Waals surface area contributed by atoms with Gasteiger partial charge >= 0.3 is 0 Å². The molecule has 1 aliphatic heterocycles. The van der Waals surface area contributed by atoms with Crippen molar-refractivity contribution in [3.05, 3.63) is 113 Å². The number of nitrogens with one attached hydrogen (secondary N) is 2. The third kappa shape index (κ3) is 5.31. The van der Waals surface area contributed by atoms with E-state index < -0.39 is 0 Å². The van der Waals surface area contributed by atoms with Crippen molar-refractivity contribution >= 4 is 28.9 Å². The summed E-state index contributed by atoms with van der Waals surface area (Å²) in [6.07, 6.45) is 5.82. The van der Waals surface area contributed by atoms with Gasteiger partial charge < -0.3 is 20.1 Å². The number of para-hydroxylation sites is 1. The number of hydrogen-bond acceptors (Lipinski definition) is 4. The van der Waals surface area contributed by atoms with Gasteiger partial charge in [-0.05, 0) is 80.0 Å². The summed E-state index contributed by atoms with van der Waals surface area (Å²) >= 11 is 5.83. The molecule has 0 unspecified atom stereocenters. The summed E-state index contributed by atoms with van der Waals surface area (Å²) in [6, 6.07) is 19.8. The minimum absolute atomic E-state index is 0.0378.